The van der Waals surface area contributed by atoms with Crippen LogP contribution in [-0.4, -0.2) is 44.0 Å². The van der Waals surface area contributed by atoms with Gasteiger partial charge >= 0.3 is 0 Å². The zero-order valence-electron chi connectivity index (χ0n) is 10.1. The smallest absolute Gasteiger partial charge is 0.220 e. The molecule has 0 radical (unpaired) electrons. The molecular weight excluding hydrogens is 226 g/mol. The van der Waals surface area contributed by atoms with Crippen molar-refractivity contribution < 1.29 is 4.79 Å². The van der Waals surface area contributed by atoms with E-state index in [1.54, 1.807) is 0 Å². The lowest BCUT2D eigenvalue weighted by Gasteiger charge is -2.30. The van der Waals surface area contributed by atoms with Crippen LogP contribution in [0.1, 0.15) is 25.7 Å². The summed E-state index contributed by atoms with van der Waals surface area (Å²) in [5.74, 6) is 0.00314. The van der Waals surface area contributed by atoms with Crippen molar-refractivity contribution in [2.24, 2.45) is 11.7 Å². The van der Waals surface area contributed by atoms with Crippen molar-refractivity contribution in [3.8, 4) is 0 Å². The van der Waals surface area contributed by atoms with Gasteiger partial charge in [-0.05, 0) is 58.9 Å². The molecule has 96 valence electrons. The van der Waals surface area contributed by atoms with Crippen molar-refractivity contribution in [3.05, 3.63) is 0 Å². The molecule has 0 aliphatic carbocycles. The summed E-state index contributed by atoms with van der Waals surface area (Å²) < 4.78 is 0. The Morgan fingerprint density at radius 3 is 2.50 bits per heavy atom. The monoisotopic (exact) mass is 249 g/mol. The number of hydrogen-bond donors (Lipinski definition) is 2. The number of unbranched alkanes of at least 4 members (excludes halogenated alkanes) is 1. The lowest BCUT2D eigenvalue weighted by molar-refractivity contribution is -0.123. The van der Waals surface area contributed by atoms with Crippen LogP contribution in [0.15, 0.2) is 0 Å². The number of piperidine rings is 1. The summed E-state index contributed by atoms with van der Waals surface area (Å²) in [5, 5.41) is 3.15. The topological polar surface area (TPSA) is 58.4 Å². The minimum Gasteiger partial charge on any atom is -0.369 e. The fourth-order valence-corrected chi connectivity index (χ4v) is 2.08. The first-order valence-corrected chi connectivity index (χ1v) is 5.90. The number of hydrogen-bond acceptors (Lipinski definition) is 3. The molecule has 0 aromatic carbocycles. The van der Waals surface area contributed by atoms with Gasteiger partial charge in [0, 0.05) is 5.92 Å². The second kappa shape index (κ2) is 8.79. The average Bonchev–Trinajstić information content (AvgIpc) is 2.25. The van der Waals surface area contributed by atoms with Gasteiger partial charge in [-0.1, -0.05) is 0 Å². The van der Waals surface area contributed by atoms with Crippen LogP contribution < -0.4 is 11.1 Å². The molecule has 1 aliphatic rings. The van der Waals surface area contributed by atoms with E-state index in [4.69, 9.17) is 5.73 Å². The Labute approximate surface area is 104 Å². The number of nitrogens with one attached hydrogen (secondary N) is 1. The number of halogens is 1. The van der Waals surface area contributed by atoms with Crippen molar-refractivity contribution in [3.63, 3.8) is 0 Å². The molecule has 0 bridgehead atoms. The maximum absolute atomic E-state index is 11.0. The van der Waals surface area contributed by atoms with Gasteiger partial charge in [-0.25, -0.2) is 0 Å². The highest BCUT2D eigenvalue weighted by Crippen LogP contribution is 2.16. The summed E-state index contributed by atoms with van der Waals surface area (Å²) in [5.41, 5.74) is 5.29. The molecule has 0 saturated carbocycles. The molecule has 0 aromatic heterocycles. The molecule has 1 saturated heterocycles. The summed E-state index contributed by atoms with van der Waals surface area (Å²) in [6.45, 7) is 4.32. The number of amides is 1. The lowest BCUT2D eigenvalue weighted by atomic mass is 9.96. The first-order chi connectivity index (χ1) is 7.24. The predicted octanol–water partition coefficient (Wildman–Crippen LogP) is 0.605. The highest BCUT2D eigenvalue weighted by Gasteiger charge is 2.22. The number of carbonyl (C=O) groups is 1. The van der Waals surface area contributed by atoms with Crippen molar-refractivity contribution in [1.82, 2.24) is 10.2 Å². The third-order valence-corrected chi connectivity index (χ3v) is 3.14. The third kappa shape index (κ3) is 5.68. The Balaban J connectivity index is 0.00000225. The molecule has 1 fully saturated rings. The lowest BCUT2D eigenvalue weighted by Crippen LogP contribution is -2.39. The first-order valence-electron chi connectivity index (χ1n) is 5.90. The van der Waals surface area contributed by atoms with Gasteiger partial charge in [-0.2, -0.15) is 0 Å². The Kier molecular flexibility index (Phi) is 8.61. The van der Waals surface area contributed by atoms with Crippen LogP contribution in [0.5, 0.6) is 0 Å². The molecule has 0 spiro atoms. The second-order valence-electron chi connectivity index (χ2n) is 4.33. The standard InChI is InChI=1S/C11H23N3O.ClH/c1-13-6-2-3-7-14-8-4-10(5-9-14)11(12)15;/h10,13H,2-9H2,1H3,(H2,12,15);1H. The summed E-state index contributed by atoms with van der Waals surface area (Å²) in [6.07, 6.45) is 4.36. The summed E-state index contributed by atoms with van der Waals surface area (Å²) in [4.78, 5) is 13.4. The van der Waals surface area contributed by atoms with Gasteiger partial charge in [0.05, 0.1) is 0 Å². The molecule has 0 aromatic rings. The number of primary amides is 1. The molecule has 5 heteroatoms. The number of rotatable bonds is 6. The number of carbonyl (C=O) groups excluding carboxylic acids is 1. The van der Waals surface area contributed by atoms with Crippen molar-refractivity contribution in [1.29, 1.82) is 0 Å². The summed E-state index contributed by atoms with van der Waals surface area (Å²) in [6, 6.07) is 0. The molecule has 1 rings (SSSR count). The number of nitrogens with zero attached hydrogens (tertiary/aromatic N) is 1. The Hall–Kier alpha value is -0.320. The van der Waals surface area contributed by atoms with E-state index in [2.05, 4.69) is 10.2 Å². The van der Waals surface area contributed by atoms with E-state index in [1.807, 2.05) is 7.05 Å². The maximum Gasteiger partial charge on any atom is 0.220 e. The van der Waals surface area contributed by atoms with Crippen LogP contribution in [0.3, 0.4) is 0 Å². The van der Waals surface area contributed by atoms with Crippen LogP contribution in [-0.2, 0) is 4.79 Å². The zero-order valence-corrected chi connectivity index (χ0v) is 10.9. The van der Waals surface area contributed by atoms with Crippen LogP contribution in [0.25, 0.3) is 0 Å². The van der Waals surface area contributed by atoms with E-state index in [0.29, 0.717) is 0 Å². The van der Waals surface area contributed by atoms with E-state index in [9.17, 15) is 4.79 Å². The van der Waals surface area contributed by atoms with E-state index < -0.39 is 0 Å². The highest BCUT2D eigenvalue weighted by atomic mass is 35.5. The van der Waals surface area contributed by atoms with E-state index in [-0.39, 0.29) is 24.2 Å². The molecule has 1 amide bonds. The van der Waals surface area contributed by atoms with Gasteiger partial charge in [0.15, 0.2) is 0 Å². The minimum absolute atomic E-state index is 0. The quantitative estimate of drug-likeness (QED) is 0.678. The third-order valence-electron chi connectivity index (χ3n) is 3.14. The fourth-order valence-electron chi connectivity index (χ4n) is 2.08. The largest absolute Gasteiger partial charge is 0.369 e. The van der Waals surface area contributed by atoms with Gasteiger partial charge in [0.1, 0.15) is 0 Å². The number of likely N-dealkylation sites (tertiary alicyclic amines) is 1. The molecule has 3 N–H and O–H groups in total. The molecular formula is C11H24ClN3O. The van der Waals surface area contributed by atoms with Gasteiger partial charge in [0.2, 0.25) is 5.91 Å². The Morgan fingerprint density at radius 2 is 2.00 bits per heavy atom. The maximum atomic E-state index is 11.0. The second-order valence-corrected chi connectivity index (χ2v) is 4.33. The highest BCUT2D eigenvalue weighted by molar-refractivity contribution is 5.85. The Bertz CT molecular complexity index is 194. The van der Waals surface area contributed by atoms with Crippen LogP contribution in [0, 0.1) is 5.92 Å². The molecule has 16 heavy (non-hydrogen) atoms. The van der Waals surface area contributed by atoms with E-state index >= 15 is 0 Å². The fraction of sp³-hybridized carbons (Fsp3) is 0.909. The van der Waals surface area contributed by atoms with Gasteiger partial charge in [0.25, 0.3) is 0 Å². The van der Waals surface area contributed by atoms with Gasteiger partial charge in [-0.15, -0.1) is 12.4 Å². The van der Waals surface area contributed by atoms with Crippen molar-refractivity contribution >= 4 is 18.3 Å². The summed E-state index contributed by atoms with van der Waals surface area (Å²) in [7, 11) is 1.98. The normalized spacial score (nSPS) is 18.1. The zero-order chi connectivity index (χ0) is 11.1. The Morgan fingerprint density at radius 1 is 1.38 bits per heavy atom. The first kappa shape index (κ1) is 15.7. The van der Waals surface area contributed by atoms with Crippen molar-refractivity contribution in [2.45, 2.75) is 25.7 Å². The SMILES string of the molecule is CNCCCCN1CCC(C(N)=O)CC1.Cl. The number of nitrogens with two attached hydrogens (primary N) is 1. The average molecular weight is 250 g/mol. The molecule has 0 atom stereocenters. The van der Waals surface area contributed by atoms with E-state index in [1.165, 1.54) is 12.8 Å². The van der Waals surface area contributed by atoms with E-state index in [0.717, 1.165) is 39.0 Å². The summed E-state index contributed by atoms with van der Waals surface area (Å²) >= 11 is 0. The van der Waals surface area contributed by atoms with Crippen LogP contribution in [0.2, 0.25) is 0 Å². The molecule has 1 heterocycles. The van der Waals surface area contributed by atoms with Crippen LogP contribution >= 0.6 is 12.4 Å². The molecule has 1 aliphatic heterocycles. The minimum atomic E-state index is -0.121. The van der Waals surface area contributed by atoms with Crippen LogP contribution in [0.4, 0.5) is 0 Å². The molecule has 0 unspecified atom stereocenters. The van der Waals surface area contributed by atoms with Crippen molar-refractivity contribution in [2.75, 3.05) is 33.2 Å². The van der Waals surface area contributed by atoms with Gasteiger partial charge in [-0.3, -0.25) is 4.79 Å². The van der Waals surface area contributed by atoms with Gasteiger partial charge < -0.3 is 16.0 Å². The molecule has 4 nitrogen and oxygen atoms in total. The predicted molar refractivity (Wildman–Crippen MR) is 68.8 cm³/mol.